The van der Waals surface area contributed by atoms with Gasteiger partial charge >= 0.3 is 5.97 Å². The molecule has 4 nitrogen and oxygen atoms in total. The van der Waals surface area contributed by atoms with E-state index in [2.05, 4.69) is 14.7 Å². The number of ether oxygens (including phenoxy) is 1. The summed E-state index contributed by atoms with van der Waals surface area (Å²) in [6, 6.07) is 1.62. The van der Waals surface area contributed by atoms with Crippen LogP contribution in [0.2, 0.25) is 0 Å². The van der Waals surface area contributed by atoms with E-state index in [1.54, 1.807) is 6.07 Å². The van der Waals surface area contributed by atoms with Crippen molar-refractivity contribution in [2.45, 2.75) is 26.7 Å². The van der Waals surface area contributed by atoms with Gasteiger partial charge in [-0.1, -0.05) is 13.8 Å². The summed E-state index contributed by atoms with van der Waals surface area (Å²) in [6.45, 7) is 5.80. The first-order valence-corrected chi connectivity index (χ1v) is 4.48. The molecule has 1 aromatic rings. The first kappa shape index (κ1) is 10.6. The first-order valence-electron chi connectivity index (χ1n) is 4.48. The molecule has 0 radical (unpaired) electrons. The molecule has 0 aliphatic rings. The number of nitrogens with zero attached hydrogens (tertiary/aromatic N) is 2. The van der Waals surface area contributed by atoms with Crippen LogP contribution in [0.5, 0.6) is 0 Å². The molecule has 0 bridgehead atoms. The molecule has 1 aromatic heterocycles. The van der Waals surface area contributed by atoms with Crippen LogP contribution in [0, 0.1) is 6.92 Å². The zero-order valence-corrected chi connectivity index (χ0v) is 8.87. The molecule has 4 heteroatoms. The molecule has 1 rings (SSSR count). The Labute approximate surface area is 83.3 Å². The molecule has 0 amide bonds. The maximum atomic E-state index is 11.2. The van der Waals surface area contributed by atoms with Crippen molar-refractivity contribution in [2.24, 2.45) is 0 Å². The van der Waals surface area contributed by atoms with E-state index in [1.807, 2.05) is 20.8 Å². The fourth-order valence-electron chi connectivity index (χ4n) is 1.06. The van der Waals surface area contributed by atoms with Crippen LogP contribution in [-0.4, -0.2) is 23.0 Å². The Kier molecular flexibility index (Phi) is 3.17. The van der Waals surface area contributed by atoms with Crippen molar-refractivity contribution in [3.63, 3.8) is 0 Å². The van der Waals surface area contributed by atoms with Gasteiger partial charge in [0.2, 0.25) is 0 Å². The summed E-state index contributed by atoms with van der Waals surface area (Å²) >= 11 is 0. The lowest BCUT2D eigenvalue weighted by molar-refractivity contribution is 0.0593. The highest BCUT2D eigenvalue weighted by molar-refractivity contribution is 5.87. The van der Waals surface area contributed by atoms with Crippen LogP contribution in [0.15, 0.2) is 6.07 Å². The average molecular weight is 194 g/mol. The molecule has 1 heterocycles. The van der Waals surface area contributed by atoms with Crippen molar-refractivity contribution >= 4 is 5.97 Å². The topological polar surface area (TPSA) is 52.1 Å². The second-order valence-corrected chi connectivity index (χ2v) is 3.40. The quantitative estimate of drug-likeness (QED) is 0.672. The fraction of sp³-hybridized carbons (Fsp3) is 0.500. The van der Waals surface area contributed by atoms with Crippen molar-refractivity contribution < 1.29 is 9.53 Å². The van der Waals surface area contributed by atoms with Gasteiger partial charge in [-0.3, -0.25) is 0 Å². The van der Waals surface area contributed by atoms with Gasteiger partial charge in [0.25, 0.3) is 0 Å². The van der Waals surface area contributed by atoms with E-state index in [4.69, 9.17) is 0 Å². The highest BCUT2D eigenvalue weighted by atomic mass is 16.5. The highest BCUT2D eigenvalue weighted by Crippen LogP contribution is 2.10. The molecule has 76 valence electrons. The predicted octanol–water partition coefficient (Wildman–Crippen LogP) is 1.70. The number of aromatic nitrogens is 2. The molecule has 0 fully saturated rings. The van der Waals surface area contributed by atoms with Gasteiger partial charge in [0.15, 0.2) is 5.69 Å². The molecule has 0 saturated carbocycles. The van der Waals surface area contributed by atoms with E-state index in [0.717, 1.165) is 5.69 Å². The second kappa shape index (κ2) is 4.17. The minimum Gasteiger partial charge on any atom is -0.464 e. The zero-order chi connectivity index (χ0) is 10.7. The lowest BCUT2D eigenvalue weighted by atomic mass is 10.2. The van der Waals surface area contributed by atoms with Crippen LogP contribution in [0.4, 0.5) is 0 Å². The molecule has 0 aliphatic carbocycles. The van der Waals surface area contributed by atoms with Crippen molar-refractivity contribution in [1.82, 2.24) is 9.97 Å². The lowest BCUT2D eigenvalue weighted by Crippen LogP contribution is -2.09. The van der Waals surface area contributed by atoms with Crippen molar-refractivity contribution in [3.8, 4) is 0 Å². The van der Waals surface area contributed by atoms with Gasteiger partial charge in [0, 0.05) is 11.6 Å². The largest absolute Gasteiger partial charge is 0.464 e. The van der Waals surface area contributed by atoms with Crippen molar-refractivity contribution in [2.75, 3.05) is 7.11 Å². The summed E-state index contributed by atoms with van der Waals surface area (Å²) < 4.78 is 4.60. The Balaban J connectivity index is 3.13. The fourth-order valence-corrected chi connectivity index (χ4v) is 1.06. The van der Waals surface area contributed by atoms with Crippen LogP contribution in [0.3, 0.4) is 0 Å². The van der Waals surface area contributed by atoms with E-state index in [-0.39, 0.29) is 5.92 Å². The SMILES string of the molecule is COC(=O)c1cc(C)nc(C(C)C)n1. The van der Waals surface area contributed by atoms with Crippen LogP contribution in [0.1, 0.15) is 41.8 Å². The minimum atomic E-state index is -0.419. The third-order valence-electron chi connectivity index (χ3n) is 1.78. The smallest absolute Gasteiger partial charge is 0.356 e. The zero-order valence-electron chi connectivity index (χ0n) is 8.87. The van der Waals surface area contributed by atoms with E-state index in [9.17, 15) is 4.79 Å². The minimum absolute atomic E-state index is 0.207. The Bertz CT molecular complexity index is 348. The van der Waals surface area contributed by atoms with Gasteiger partial charge in [-0.15, -0.1) is 0 Å². The number of rotatable bonds is 2. The standard InChI is InChI=1S/C10H14N2O2/c1-6(2)9-11-7(3)5-8(12-9)10(13)14-4/h5-6H,1-4H3. The monoisotopic (exact) mass is 194 g/mol. The Morgan fingerprint density at radius 2 is 2.07 bits per heavy atom. The van der Waals surface area contributed by atoms with Gasteiger partial charge < -0.3 is 4.74 Å². The van der Waals surface area contributed by atoms with E-state index >= 15 is 0 Å². The number of hydrogen-bond donors (Lipinski definition) is 0. The predicted molar refractivity (Wildman–Crippen MR) is 52.2 cm³/mol. The molecule has 0 aliphatic heterocycles. The van der Waals surface area contributed by atoms with Crippen LogP contribution in [0.25, 0.3) is 0 Å². The molecule has 0 atom stereocenters. The Morgan fingerprint density at radius 1 is 1.43 bits per heavy atom. The Morgan fingerprint density at radius 3 is 2.57 bits per heavy atom. The molecule has 14 heavy (non-hydrogen) atoms. The number of carbonyl (C=O) groups is 1. The lowest BCUT2D eigenvalue weighted by Gasteiger charge is -2.06. The van der Waals surface area contributed by atoms with E-state index in [0.29, 0.717) is 11.5 Å². The second-order valence-electron chi connectivity index (χ2n) is 3.40. The van der Waals surface area contributed by atoms with Gasteiger partial charge in [0.05, 0.1) is 7.11 Å². The van der Waals surface area contributed by atoms with Crippen molar-refractivity contribution in [3.05, 3.63) is 23.3 Å². The summed E-state index contributed by atoms with van der Waals surface area (Å²) in [5.41, 5.74) is 1.10. The summed E-state index contributed by atoms with van der Waals surface area (Å²) in [7, 11) is 1.34. The van der Waals surface area contributed by atoms with Gasteiger partial charge in [0.1, 0.15) is 5.82 Å². The maximum absolute atomic E-state index is 11.2. The normalized spacial score (nSPS) is 10.4. The van der Waals surface area contributed by atoms with Crippen LogP contribution < -0.4 is 0 Å². The Hall–Kier alpha value is -1.45. The number of hydrogen-bond acceptors (Lipinski definition) is 4. The summed E-state index contributed by atoms with van der Waals surface area (Å²) in [6.07, 6.45) is 0. The molecule has 0 aromatic carbocycles. The highest BCUT2D eigenvalue weighted by Gasteiger charge is 2.11. The van der Waals surface area contributed by atoms with Crippen LogP contribution in [-0.2, 0) is 4.74 Å². The third kappa shape index (κ3) is 2.28. The van der Waals surface area contributed by atoms with Crippen molar-refractivity contribution in [1.29, 1.82) is 0 Å². The molecular weight excluding hydrogens is 180 g/mol. The number of methoxy groups -OCH3 is 1. The number of esters is 1. The number of aryl methyl sites for hydroxylation is 1. The third-order valence-corrected chi connectivity index (χ3v) is 1.78. The van der Waals surface area contributed by atoms with Crippen LogP contribution >= 0.6 is 0 Å². The van der Waals surface area contributed by atoms with E-state index < -0.39 is 5.97 Å². The first-order chi connectivity index (χ1) is 6.54. The molecular formula is C10H14N2O2. The van der Waals surface area contributed by atoms with Gasteiger partial charge in [-0.25, -0.2) is 14.8 Å². The number of carbonyl (C=O) groups excluding carboxylic acids is 1. The molecule has 0 spiro atoms. The summed E-state index contributed by atoms with van der Waals surface area (Å²) in [4.78, 5) is 19.6. The molecule has 0 N–H and O–H groups in total. The summed E-state index contributed by atoms with van der Waals surface area (Å²) in [5.74, 6) is 0.459. The average Bonchev–Trinajstić information content (AvgIpc) is 2.15. The van der Waals surface area contributed by atoms with Gasteiger partial charge in [-0.2, -0.15) is 0 Å². The molecule has 0 saturated heterocycles. The van der Waals surface area contributed by atoms with Gasteiger partial charge in [-0.05, 0) is 13.0 Å². The summed E-state index contributed by atoms with van der Waals surface area (Å²) in [5, 5.41) is 0. The maximum Gasteiger partial charge on any atom is 0.356 e. The van der Waals surface area contributed by atoms with E-state index in [1.165, 1.54) is 7.11 Å². The molecule has 0 unspecified atom stereocenters.